The summed E-state index contributed by atoms with van der Waals surface area (Å²) in [7, 11) is 1.55. The predicted molar refractivity (Wildman–Crippen MR) is 148 cm³/mol. The van der Waals surface area contributed by atoms with Crippen LogP contribution in [0.2, 0.25) is 0 Å². The Balaban J connectivity index is 2.02. The molecule has 1 aliphatic rings. The van der Waals surface area contributed by atoms with Gasteiger partial charge in [0.2, 0.25) is 5.91 Å². The molecule has 2 amide bonds. The largest absolute Gasteiger partial charge is 0.496 e. The summed E-state index contributed by atoms with van der Waals surface area (Å²) in [5, 5.41) is 9.57. The Hall–Kier alpha value is -3.39. The molecule has 0 aliphatic carbocycles. The molecule has 0 atom stereocenters. The number of benzene rings is 2. The first-order chi connectivity index (χ1) is 18.2. The molecule has 8 heteroatoms. The summed E-state index contributed by atoms with van der Waals surface area (Å²) in [6, 6.07) is 13.0. The molecule has 8 nitrogen and oxygen atoms in total. The number of aliphatic carboxylic acids is 1. The Kier molecular flexibility index (Phi) is 10.7. The van der Waals surface area contributed by atoms with Crippen LogP contribution in [0.4, 0.5) is 5.69 Å². The van der Waals surface area contributed by atoms with Crippen LogP contribution in [0.15, 0.2) is 42.5 Å². The average Bonchev–Trinajstić information content (AvgIpc) is 2.87. The van der Waals surface area contributed by atoms with E-state index in [0.29, 0.717) is 30.4 Å². The van der Waals surface area contributed by atoms with Crippen LogP contribution in [0, 0.1) is 0 Å². The number of carbonyl (C=O) groups excluding carboxylic acids is 2. The monoisotopic (exact) mass is 523 g/mol. The highest BCUT2D eigenvalue weighted by molar-refractivity contribution is 5.98. The zero-order chi connectivity index (χ0) is 27.7. The molecule has 1 N–H and O–H groups in total. The molecule has 1 aliphatic heterocycles. The lowest BCUT2D eigenvalue weighted by atomic mass is 10.0. The van der Waals surface area contributed by atoms with Crippen molar-refractivity contribution in [3.05, 3.63) is 59.2 Å². The van der Waals surface area contributed by atoms with Crippen LogP contribution in [-0.4, -0.2) is 65.5 Å². The average molecular weight is 524 g/mol. The minimum Gasteiger partial charge on any atom is -0.496 e. The second-order valence-electron chi connectivity index (χ2n) is 10.2. The normalized spacial score (nSPS) is 15.2. The van der Waals surface area contributed by atoms with Crippen LogP contribution >= 0.6 is 0 Å². The third-order valence-electron chi connectivity index (χ3n) is 7.10. The van der Waals surface area contributed by atoms with Crippen LogP contribution in [0.1, 0.15) is 74.4 Å². The minimum atomic E-state index is -1.09. The topological polar surface area (TPSA) is 90.4 Å². The maximum atomic E-state index is 13.7. The summed E-state index contributed by atoms with van der Waals surface area (Å²) in [6.45, 7) is 7.73. The fourth-order valence-corrected chi connectivity index (χ4v) is 4.99. The molecule has 0 saturated heterocycles. The molecule has 2 aromatic carbocycles. The number of hydrogen-bond donors (Lipinski definition) is 1. The minimum absolute atomic E-state index is 0.0258. The lowest BCUT2D eigenvalue weighted by Crippen LogP contribution is -2.36. The number of carboxylic acids is 1. The lowest BCUT2D eigenvalue weighted by Gasteiger charge is -2.31. The van der Waals surface area contributed by atoms with E-state index in [1.165, 1.54) is 4.90 Å². The third kappa shape index (κ3) is 7.81. The number of carboxylic acid groups (broad SMARTS) is 1. The SMILES string of the molecule is COc1ccccc1CN(CC(=O)O)C(=O)c1ccc2c(c1)CN(C(C)C)CCCCCCCN2C(C)=O. The van der Waals surface area contributed by atoms with Crippen LogP contribution in [0.5, 0.6) is 5.75 Å². The van der Waals surface area contributed by atoms with Gasteiger partial charge in [0.05, 0.1) is 13.7 Å². The van der Waals surface area contributed by atoms with Crippen molar-refractivity contribution in [3.63, 3.8) is 0 Å². The Morgan fingerprint density at radius 2 is 1.68 bits per heavy atom. The molecule has 0 saturated carbocycles. The maximum Gasteiger partial charge on any atom is 0.323 e. The number of para-hydroxylation sites is 1. The van der Waals surface area contributed by atoms with Gasteiger partial charge in [0, 0.05) is 42.9 Å². The fraction of sp³-hybridized carbons (Fsp3) is 0.500. The summed E-state index contributed by atoms with van der Waals surface area (Å²) in [5.74, 6) is -0.897. The second kappa shape index (κ2) is 14.0. The number of carbonyl (C=O) groups is 3. The molecule has 0 aromatic heterocycles. The highest BCUT2D eigenvalue weighted by Gasteiger charge is 2.24. The van der Waals surface area contributed by atoms with Crippen LogP contribution < -0.4 is 9.64 Å². The number of hydrogen-bond acceptors (Lipinski definition) is 5. The van der Waals surface area contributed by atoms with Gasteiger partial charge in [0.15, 0.2) is 0 Å². The van der Waals surface area contributed by atoms with Crippen molar-refractivity contribution in [2.24, 2.45) is 0 Å². The van der Waals surface area contributed by atoms with Crippen molar-refractivity contribution >= 4 is 23.5 Å². The first-order valence-corrected chi connectivity index (χ1v) is 13.5. The van der Waals surface area contributed by atoms with Gasteiger partial charge >= 0.3 is 5.97 Å². The zero-order valence-electron chi connectivity index (χ0n) is 23.1. The van der Waals surface area contributed by atoms with E-state index in [0.717, 1.165) is 55.5 Å². The van der Waals surface area contributed by atoms with E-state index < -0.39 is 12.5 Å². The zero-order valence-corrected chi connectivity index (χ0v) is 23.1. The van der Waals surface area contributed by atoms with E-state index in [2.05, 4.69) is 18.7 Å². The first kappa shape index (κ1) is 29.2. The molecule has 0 spiro atoms. The number of anilines is 1. The van der Waals surface area contributed by atoms with Crippen molar-refractivity contribution in [1.82, 2.24) is 9.80 Å². The molecule has 3 rings (SSSR count). The molecular formula is C30H41N3O5. The molecule has 1 heterocycles. The lowest BCUT2D eigenvalue weighted by molar-refractivity contribution is -0.137. The molecule has 0 unspecified atom stereocenters. The van der Waals surface area contributed by atoms with Gasteiger partial charge in [-0.25, -0.2) is 0 Å². The smallest absolute Gasteiger partial charge is 0.323 e. The summed E-state index contributed by atoms with van der Waals surface area (Å²) in [5.41, 5.74) is 2.84. The van der Waals surface area contributed by atoms with Crippen molar-refractivity contribution < 1.29 is 24.2 Å². The fourth-order valence-electron chi connectivity index (χ4n) is 4.99. The molecule has 0 bridgehead atoms. The molecule has 2 aromatic rings. The van der Waals surface area contributed by atoms with E-state index >= 15 is 0 Å². The quantitative estimate of drug-likeness (QED) is 0.552. The number of fused-ring (bicyclic) bond motifs is 1. The van der Waals surface area contributed by atoms with Gasteiger partial charge < -0.3 is 19.6 Å². The van der Waals surface area contributed by atoms with E-state index in [4.69, 9.17) is 4.74 Å². The Morgan fingerprint density at radius 1 is 1.00 bits per heavy atom. The van der Waals surface area contributed by atoms with Gasteiger partial charge in [0.25, 0.3) is 5.91 Å². The van der Waals surface area contributed by atoms with Gasteiger partial charge in [-0.05, 0) is 63.1 Å². The maximum absolute atomic E-state index is 13.7. The van der Waals surface area contributed by atoms with E-state index in [1.807, 2.05) is 35.2 Å². The Morgan fingerprint density at radius 3 is 2.34 bits per heavy atom. The summed E-state index contributed by atoms with van der Waals surface area (Å²) in [4.78, 5) is 43.6. The molecule has 0 radical (unpaired) electrons. The van der Waals surface area contributed by atoms with E-state index in [-0.39, 0.29) is 18.4 Å². The van der Waals surface area contributed by atoms with Gasteiger partial charge in [0.1, 0.15) is 12.3 Å². The number of rotatable bonds is 7. The van der Waals surface area contributed by atoms with Crippen molar-refractivity contribution in [1.29, 1.82) is 0 Å². The van der Waals surface area contributed by atoms with Crippen LogP contribution in [-0.2, 0) is 22.7 Å². The molecule has 38 heavy (non-hydrogen) atoms. The Labute approximate surface area is 226 Å². The van der Waals surface area contributed by atoms with Crippen molar-refractivity contribution in [3.8, 4) is 5.75 Å². The standard InChI is InChI=1S/C30H41N3O5/c1-22(2)31-16-10-6-5-7-11-17-33(23(3)34)27-15-14-24(18-26(27)20-31)30(37)32(21-29(35)36)19-25-12-8-9-13-28(25)38-4/h8-9,12-15,18,22H,5-7,10-11,16-17,19-21H2,1-4H3,(H,35,36). The van der Waals surface area contributed by atoms with Crippen molar-refractivity contribution in [2.45, 2.75) is 72.0 Å². The van der Waals surface area contributed by atoms with E-state index in [1.54, 1.807) is 26.2 Å². The van der Waals surface area contributed by atoms with Crippen LogP contribution in [0.3, 0.4) is 0 Å². The molecule has 0 fully saturated rings. The van der Waals surface area contributed by atoms with E-state index in [9.17, 15) is 19.5 Å². The van der Waals surface area contributed by atoms with Gasteiger partial charge in [-0.1, -0.05) is 37.5 Å². The van der Waals surface area contributed by atoms with Gasteiger partial charge in [-0.3, -0.25) is 19.3 Å². The van der Waals surface area contributed by atoms with Gasteiger partial charge in [-0.15, -0.1) is 0 Å². The summed E-state index contributed by atoms with van der Waals surface area (Å²) >= 11 is 0. The molecular weight excluding hydrogens is 482 g/mol. The predicted octanol–water partition coefficient (Wildman–Crippen LogP) is 4.95. The first-order valence-electron chi connectivity index (χ1n) is 13.5. The summed E-state index contributed by atoms with van der Waals surface area (Å²) in [6.07, 6.45) is 5.42. The molecule has 206 valence electrons. The summed E-state index contributed by atoms with van der Waals surface area (Å²) < 4.78 is 5.42. The Bertz CT molecular complexity index is 1120. The highest BCUT2D eigenvalue weighted by atomic mass is 16.5. The number of ether oxygens (including phenoxy) is 1. The van der Waals surface area contributed by atoms with Crippen LogP contribution in [0.25, 0.3) is 0 Å². The highest BCUT2D eigenvalue weighted by Crippen LogP contribution is 2.28. The number of methoxy groups -OCH3 is 1. The number of nitrogens with zero attached hydrogens (tertiary/aromatic N) is 3. The third-order valence-corrected chi connectivity index (χ3v) is 7.10. The second-order valence-corrected chi connectivity index (χ2v) is 10.2. The van der Waals surface area contributed by atoms with Gasteiger partial charge in [-0.2, -0.15) is 0 Å². The number of amides is 2. The van der Waals surface area contributed by atoms with Crippen molar-refractivity contribution in [2.75, 3.05) is 31.6 Å².